The van der Waals surface area contributed by atoms with Crippen LogP contribution in [-0.4, -0.2) is 54.8 Å². The monoisotopic (exact) mass is 583 g/mol. The predicted molar refractivity (Wildman–Crippen MR) is 163 cm³/mol. The molecule has 1 aromatic carbocycles. The molecular weight excluding hydrogens is 554 g/mol. The van der Waals surface area contributed by atoms with Crippen molar-refractivity contribution in [3.8, 4) is 6.07 Å². The van der Waals surface area contributed by atoms with Crippen molar-refractivity contribution in [3.05, 3.63) is 89.0 Å². The summed E-state index contributed by atoms with van der Waals surface area (Å²) in [4.78, 5) is 46.7. The number of nitrogens with one attached hydrogen (secondary N) is 1. The Morgan fingerprint density at radius 2 is 1.91 bits per heavy atom. The average molecular weight is 584 g/mol. The van der Waals surface area contributed by atoms with Gasteiger partial charge in [-0.15, -0.1) is 0 Å². The van der Waals surface area contributed by atoms with Crippen LogP contribution in [0, 0.1) is 18.3 Å². The van der Waals surface area contributed by atoms with Gasteiger partial charge in [-0.25, -0.2) is 19.7 Å². The average Bonchev–Trinajstić information content (AvgIpc) is 3.96. The second-order valence-electron chi connectivity index (χ2n) is 12.0. The van der Waals surface area contributed by atoms with Crippen LogP contribution in [0.5, 0.6) is 0 Å². The minimum Gasteiger partial charge on any atom is -0.379 e. The SMILES string of the molecule is Cc1ccnc([C@H]2C[C@@H]2c2ccc3c(C#N)cc(NCc4cn5cc(C6CC6)cc(N6CC(=O)N(C)C6=O)c5n4)cc3n2)n1. The van der Waals surface area contributed by atoms with E-state index < -0.39 is 0 Å². The first-order valence-electron chi connectivity index (χ1n) is 14.8. The van der Waals surface area contributed by atoms with Crippen molar-refractivity contribution in [1.29, 1.82) is 5.26 Å². The normalized spacial score (nSPS) is 19.7. The van der Waals surface area contributed by atoms with Crippen LogP contribution < -0.4 is 10.2 Å². The van der Waals surface area contributed by atoms with E-state index in [0.717, 1.165) is 69.2 Å². The van der Waals surface area contributed by atoms with Crippen molar-refractivity contribution in [2.24, 2.45) is 0 Å². The molecule has 1 N–H and O–H groups in total. The van der Waals surface area contributed by atoms with Gasteiger partial charge in [-0.2, -0.15) is 5.26 Å². The molecule has 0 unspecified atom stereocenters. The second-order valence-corrected chi connectivity index (χ2v) is 12.0. The summed E-state index contributed by atoms with van der Waals surface area (Å²) in [6, 6.07) is 13.7. The Kier molecular flexibility index (Phi) is 5.88. The lowest BCUT2D eigenvalue weighted by atomic mass is 10.1. The molecule has 8 rings (SSSR count). The highest BCUT2D eigenvalue weighted by Crippen LogP contribution is 2.53. The van der Waals surface area contributed by atoms with E-state index in [-0.39, 0.29) is 30.3 Å². The molecule has 3 amide bonds. The molecule has 2 saturated carbocycles. The fraction of sp³-hybridized carbons (Fsp3) is 0.303. The number of benzene rings is 1. The molecule has 5 aromatic rings. The number of imidazole rings is 1. The van der Waals surface area contributed by atoms with Crippen molar-refractivity contribution in [1.82, 2.24) is 29.2 Å². The minimum absolute atomic E-state index is 0.00217. The number of likely N-dealkylation sites (N-methyl/N-ethyl adjacent to an activating group) is 1. The van der Waals surface area contributed by atoms with Gasteiger partial charge in [0.15, 0.2) is 5.65 Å². The predicted octanol–water partition coefficient (Wildman–Crippen LogP) is 5.01. The van der Waals surface area contributed by atoms with E-state index in [9.17, 15) is 14.9 Å². The van der Waals surface area contributed by atoms with E-state index in [0.29, 0.717) is 29.4 Å². The van der Waals surface area contributed by atoms with Gasteiger partial charge in [-0.3, -0.25) is 19.6 Å². The molecule has 0 spiro atoms. The van der Waals surface area contributed by atoms with E-state index >= 15 is 0 Å². The molecule has 2 aliphatic carbocycles. The third-order valence-corrected chi connectivity index (χ3v) is 8.87. The standard InChI is InChI=1S/C33H29N9O2/c1-18-7-8-35-31(37-18)26-12-25(26)27-6-5-24-20(13-34)9-22(11-28(24)39-27)36-14-23-16-41-15-21(19-3-4-19)10-29(32(41)38-23)42-17-30(43)40(2)33(42)44/h5-11,15-16,19,25-26,36H,3-4,12,14,17H2,1-2H3/t25-,26-/m0/s1. The molecule has 2 atom stereocenters. The number of anilines is 2. The molecule has 44 heavy (non-hydrogen) atoms. The highest BCUT2D eigenvalue weighted by molar-refractivity contribution is 6.13. The van der Waals surface area contributed by atoms with Crippen LogP contribution in [0.25, 0.3) is 16.6 Å². The van der Waals surface area contributed by atoms with Crippen LogP contribution in [0.15, 0.2) is 55.0 Å². The lowest BCUT2D eigenvalue weighted by molar-refractivity contribution is -0.123. The minimum atomic E-state index is -0.344. The van der Waals surface area contributed by atoms with Crippen LogP contribution in [0.4, 0.5) is 16.2 Å². The number of nitrogens with zero attached hydrogens (tertiary/aromatic N) is 8. The molecule has 5 heterocycles. The highest BCUT2D eigenvalue weighted by atomic mass is 16.2. The van der Waals surface area contributed by atoms with Crippen LogP contribution in [0.1, 0.15) is 71.0 Å². The summed E-state index contributed by atoms with van der Waals surface area (Å²) in [5.74, 6) is 1.60. The van der Waals surface area contributed by atoms with E-state index in [2.05, 4.69) is 27.6 Å². The number of amides is 3. The third kappa shape index (κ3) is 4.50. The molecule has 4 aromatic heterocycles. The second kappa shape index (κ2) is 9.84. The first kappa shape index (κ1) is 26.3. The van der Waals surface area contributed by atoms with Gasteiger partial charge in [0.25, 0.3) is 0 Å². The van der Waals surface area contributed by atoms with Gasteiger partial charge >= 0.3 is 6.03 Å². The summed E-state index contributed by atoms with van der Waals surface area (Å²) in [6.07, 6.45) is 9.01. The number of urea groups is 1. The van der Waals surface area contributed by atoms with Gasteiger partial charge in [0, 0.05) is 59.9 Å². The van der Waals surface area contributed by atoms with Gasteiger partial charge in [0.1, 0.15) is 12.4 Å². The number of hydrogen-bond acceptors (Lipinski definition) is 8. The Hall–Kier alpha value is -5.37. The lowest BCUT2D eigenvalue weighted by Gasteiger charge is -2.17. The number of aryl methyl sites for hydroxylation is 1. The number of aromatic nitrogens is 5. The van der Waals surface area contributed by atoms with Crippen LogP contribution >= 0.6 is 0 Å². The Morgan fingerprint density at radius 3 is 2.66 bits per heavy atom. The number of imide groups is 1. The van der Waals surface area contributed by atoms with Crippen molar-refractivity contribution < 1.29 is 9.59 Å². The molecule has 0 bridgehead atoms. The van der Waals surface area contributed by atoms with Gasteiger partial charge in [0.2, 0.25) is 5.91 Å². The summed E-state index contributed by atoms with van der Waals surface area (Å²) in [7, 11) is 1.51. The number of carbonyl (C=O) groups excluding carboxylic acids is 2. The molecule has 11 nitrogen and oxygen atoms in total. The summed E-state index contributed by atoms with van der Waals surface area (Å²) in [5.41, 5.74) is 7.19. The Balaban J connectivity index is 1.07. The van der Waals surface area contributed by atoms with E-state index in [1.54, 1.807) is 6.20 Å². The van der Waals surface area contributed by atoms with Crippen LogP contribution in [-0.2, 0) is 11.3 Å². The Labute approximate surface area is 253 Å². The van der Waals surface area contributed by atoms with Gasteiger partial charge in [-0.05, 0) is 74.1 Å². The number of pyridine rings is 2. The van der Waals surface area contributed by atoms with Crippen LogP contribution in [0.2, 0.25) is 0 Å². The molecule has 3 fully saturated rings. The van der Waals surface area contributed by atoms with E-state index in [1.807, 2.05) is 53.9 Å². The third-order valence-electron chi connectivity index (χ3n) is 8.87. The van der Waals surface area contributed by atoms with Crippen molar-refractivity contribution in [2.45, 2.75) is 50.5 Å². The molecule has 218 valence electrons. The Morgan fingerprint density at radius 1 is 1.05 bits per heavy atom. The molecule has 0 radical (unpaired) electrons. The largest absolute Gasteiger partial charge is 0.379 e. The van der Waals surface area contributed by atoms with Crippen molar-refractivity contribution in [2.75, 3.05) is 23.8 Å². The molecule has 1 aliphatic heterocycles. The molecule has 1 saturated heterocycles. The molecule has 11 heteroatoms. The number of fused-ring (bicyclic) bond motifs is 2. The highest BCUT2D eigenvalue weighted by Gasteiger charge is 2.43. The lowest BCUT2D eigenvalue weighted by Crippen LogP contribution is -2.30. The first-order valence-corrected chi connectivity index (χ1v) is 14.8. The van der Waals surface area contributed by atoms with Crippen molar-refractivity contribution in [3.63, 3.8) is 0 Å². The maximum Gasteiger partial charge on any atom is 0.331 e. The van der Waals surface area contributed by atoms with Gasteiger partial charge < -0.3 is 9.72 Å². The number of carbonyl (C=O) groups is 2. The first-order chi connectivity index (χ1) is 21.4. The van der Waals surface area contributed by atoms with Gasteiger partial charge in [0.05, 0.1) is 35.1 Å². The zero-order valence-corrected chi connectivity index (χ0v) is 24.4. The van der Waals surface area contributed by atoms with Crippen LogP contribution in [0.3, 0.4) is 0 Å². The topological polar surface area (TPSA) is 132 Å². The quantitative estimate of drug-likeness (QED) is 0.265. The summed E-state index contributed by atoms with van der Waals surface area (Å²) in [5, 5.41) is 14.2. The fourth-order valence-corrected chi connectivity index (χ4v) is 6.16. The zero-order valence-electron chi connectivity index (χ0n) is 24.4. The summed E-state index contributed by atoms with van der Waals surface area (Å²) < 4.78 is 1.95. The molecular formula is C33H29N9O2. The van der Waals surface area contributed by atoms with Crippen molar-refractivity contribution >= 4 is 39.9 Å². The Bertz CT molecular complexity index is 2060. The zero-order chi connectivity index (χ0) is 30.1. The number of nitriles is 1. The maximum atomic E-state index is 12.9. The number of hydrogen-bond donors (Lipinski definition) is 1. The summed E-state index contributed by atoms with van der Waals surface area (Å²) >= 11 is 0. The summed E-state index contributed by atoms with van der Waals surface area (Å²) in [6.45, 7) is 2.38. The van der Waals surface area contributed by atoms with E-state index in [1.165, 1.54) is 11.9 Å². The smallest absolute Gasteiger partial charge is 0.331 e. The number of rotatable bonds is 7. The maximum absolute atomic E-state index is 12.9. The fourth-order valence-electron chi connectivity index (χ4n) is 6.16. The molecule has 3 aliphatic rings. The van der Waals surface area contributed by atoms with E-state index in [4.69, 9.17) is 9.97 Å². The van der Waals surface area contributed by atoms with Gasteiger partial charge in [-0.1, -0.05) is 0 Å².